The van der Waals surface area contributed by atoms with E-state index in [1.165, 1.54) is 6.07 Å². The van der Waals surface area contributed by atoms with Crippen molar-refractivity contribution in [2.24, 2.45) is 0 Å². The van der Waals surface area contributed by atoms with Crippen molar-refractivity contribution in [3.05, 3.63) is 59.4 Å². The van der Waals surface area contributed by atoms with Crippen LogP contribution in [-0.2, 0) is 5.67 Å². The summed E-state index contributed by atoms with van der Waals surface area (Å²) in [6, 6.07) is 7.17. The number of aliphatic hydroxyl groups is 1. The maximum Gasteiger partial charge on any atom is 0.426 e. The molecule has 0 saturated carbocycles. The molecule has 0 aliphatic carbocycles. The summed E-state index contributed by atoms with van der Waals surface area (Å²) in [5.41, 5.74) is -4.19. The highest BCUT2D eigenvalue weighted by Crippen LogP contribution is 2.42. The van der Waals surface area contributed by atoms with Gasteiger partial charge in [0, 0.05) is 5.56 Å². The molecule has 1 atom stereocenters. The minimum Gasteiger partial charge on any atom is -0.454 e. The van der Waals surface area contributed by atoms with Gasteiger partial charge in [0.15, 0.2) is 17.3 Å². The molecule has 0 amide bonds. The van der Waals surface area contributed by atoms with Crippen molar-refractivity contribution in [2.75, 3.05) is 6.61 Å². The first-order valence-corrected chi connectivity index (χ1v) is 7.04. The molecule has 2 rings (SSSR count). The molecule has 134 valence electrons. The molecule has 8 heteroatoms. The molecule has 2 aromatic carbocycles. The number of ether oxygens (including phenoxy) is 1. The Morgan fingerprint density at radius 3 is 2.16 bits per heavy atom. The third-order valence-corrected chi connectivity index (χ3v) is 3.55. The second-order valence-electron chi connectivity index (χ2n) is 5.35. The number of benzene rings is 2. The predicted molar refractivity (Wildman–Crippen MR) is 78.8 cm³/mol. The van der Waals surface area contributed by atoms with Crippen LogP contribution in [0.4, 0.5) is 22.0 Å². The lowest BCUT2D eigenvalue weighted by atomic mass is 9.97. The largest absolute Gasteiger partial charge is 0.454 e. The third-order valence-electron chi connectivity index (χ3n) is 3.55. The molecule has 0 fully saturated rings. The van der Waals surface area contributed by atoms with E-state index in [4.69, 9.17) is 9.84 Å². The van der Waals surface area contributed by atoms with Crippen molar-refractivity contribution in [3.63, 3.8) is 0 Å². The van der Waals surface area contributed by atoms with Crippen molar-refractivity contribution in [2.45, 2.75) is 18.8 Å². The van der Waals surface area contributed by atoms with Gasteiger partial charge in [-0.25, -0.2) is 8.78 Å². The van der Waals surface area contributed by atoms with Crippen LogP contribution in [0.5, 0.6) is 11.5 Å². The molecule has 0 bridgehead atoms. The average Bonchev–Trinajstić information content (AvgIpc) is 2.55. The van der Waals surface area contributed by atoms with E-state index in [0.717, 1.165) is 36.4 Å². The first kappa shape index (κ1) is 18.9. The Hall–Kier alpha value is -2.48. The molecule has 0 heterocycles. The number of halogens is 5. The summed E-state index contributed by atoms with van der Waals surface area (Å²) in [6.07, 6.45) is -5.07. The standard InChI is InChI=1S/C17H13F5O3/c1-16(19,17(20,21)22)11-3-5-12(6-4-11)25-15-7-2-10(8-13(15)18)14(24)9-23/h2-8,23H,9H2,1H3. The molecule has 2 aromatic rings. The van der Waals surface area contributed by atoms with Crippen LogP contribution in [0, 0.1) is 5.82 Å². The Balaban J connectivity index is 2.21. The van der Waals surface area contributed by atoms with Crippen LogP contribution in [0.15, 0.2) is 42.5 Å². The number of hydrogen-bond acceptors (Lipinski definition) is 3. The molecule has 0 aromatic heterocycles. The smallest absolute Gasteiger partial charge is 0.426 e. The highest BCUT2D eigenvalue weighted by Gasteiger charge is 2.53. The van der Waals surface area contributed by atoms with Crippen LogP contribution in [0.2, 0.25) is 0 Å². The lowest BCUT2D eigenvalue weighted by Crippen LogP contribution is -2.34. The van der Waals surface area contributed by atoms with E-state index in [1.807, 2.05) is 0 Å². The number of ketones is 1. The zero-order chi connectivity index (χ0) is 18.8. The molecule has 0 aliphatic rings. The Labute approximate surface area is 139 Å². The lowest BCUT2D eigenvalue weighted by Gasteiger charge is -2.24. The number of hydrogen-bond donors (Lipinski definition) is 1. The minimum atomic E-state index is -5.07. The van der Waals surface area contributed by atoms with E-state index in [-0.39, 0.29) is 17.1 Å². The normalized spacial score (nSPS) is 14.0. The number of aliphatic hydroxyl groups excluding tert-OH is 1. The van der Waals surface area contributed by atoms with Gasteiger partial charge in [0.25, 0.3) is 0 Å². The molecule has 3 nitrogen and oxygen atoms in total. The van der Waals surface area contributed by atoms with Crippen LogP contribution in [-0.4, -0.2) is 23.7 Å². The molecule has 0 spiro atoms. The van der Waals surface area contributed by atoms with Crippen molar-refractivity contribution >= 4 is 5.78 Å². The Bertz CT molecular complexity index is 767. The van der Waals surface area contributed by atoms with E-state index in [0.29, 0.717) is 6.92 Å². The van der Waals surface area contributed by atoms with Gasteiger partial charge in [-0.1, -0.05) is 12.1 Å². The van der Waals surface area contributed by atoms with E-state index in [9.17, 15) is 26.7 Å². The second-order valence-corrected chi connectivity index (χ2v) is 5.35. The van der Waals surface area contributed by atoms with Gasteiger partial charge in [-0.15, -0.1) is 0 Å². The summed E-state index contributed by atoms with van der Waals surface area (Å²) in [4.78, 5) is 11.3. The molecule has 1 N–H and O–H groups in total. The highest BCUT2D eigenvalue weighted by molar-refractivity contribution is 5.97. The Morgan fingerprint density at radius 2 is 1.68 bits per heavy atom. The van der Waals surface area contributed by atoms with E-state index >= 15 is 0 Å². The SMILES string of the molecule is CC(F)(c1ccc(Oc2ccc(C(=O)CO)cc2F)cc1)C(F)(F)F. The predicted octanol–water partition coefficient (Wildman–Crippen LogP) is 4.54. The second kappa shape index (κ2) is 6.79. The van der Waals surface area contributed by atoms with E-state index in [2.05, 4.69) is 0 Å². The van der Waals surface area contributed by atoms with Gasteiger partial charge in [-0.2, -0.15) is 13.2 Å². The summed E-state index contributed by atoms with van der Waals surface area (Å²) >= 11 is 0. The summed E-state index contributed by atoms with van der Waals surface area (Å²) in [5, 5.41) is 8.72. The van der Waals surface area contributed by atoms with Crippen molar-refractivity contribution in [3.8, 4) is 11.5 Å². The molecule has 25 heavy (non-hydrogen) atoms. The van der Waals surface area contributed by atoms with Gasteiger partial charge in [0.05, 0.1) is 0 Å². The zero-order valence-corrected chi connectivity index (χ0v) is 12.9. The molecular weight excluding hydrogens is 347 g/mol. The maximum atomic E-state index is 13.9. The minimum absolute atomic E-state index is 0.0122. The van der Waals surface area contributed by atoms with Gasteiger partial charge >= 0.3 is 6.18 Å². The van der Waals surface area contributed by atoms with Gasteiger partial charge in [-0.3, -0.25) is 4.79 Å². The first-order valence-electron chi connectivity index (χ1n) is 7.04. The Kier molecular flexibility index (Phi) is 5.12. The summed E-state index contributed by atoms with van der Waals surface area (Å²) in [6.45, 7) is -0.373. The van der Waals surface area contributed by atoms with E-state index in [1.54, 1.807) is 0 Å². The Morgan fingerprint density at radius 1 is 1.08 bits per heavy atom. The highest BCUT2D eigenvalue weighted by atomic mass is 19.4. The van der Waals surface area contributed by atoms with Crippen LogP contribution < -0.4 is 4.74 Å². The molecule has 0 aliphatic heterocycles. The molecular formula is C17H13F5O3. The fourth-order valence-electron chi connectivity index (χ4n) is 1.97. The number of rotatable bonds is 5. The average molecular weight is 360 g/mol. The van der Waals surface area contributed by atoms with Crippen LogP contribution in [0.25, 0.3) is 0 Å². The zero-order valence-electron chi connectivity index (χ0n) is 12.9. The van der Waals surface area contributed by atoms with Crippen LogP contribution in [0.1, 0.15) is 22.8 Å². The summed E-state index contributed by atoms with van der Waals surface area (Å²) in [5.74, 6) is -1.86. The van der Waals surface area contributed by atoms with Crippen molar-refractivity contribution in [1.82, 2.24) is 0 Å². The molecule has 0 saturated heterocycles. The number of alkyl halides is 4. The number of Topliss-reactive ketones (excluding diaryl/α,β-unsaturated/α-hetero) is 1. The van der Waals surface area contributed by atoms with Gasteiger partial charge in [0.2, 0.25) is 5.67 Å². The fraction of sp³-hybridized carbons (Fsp3) is 0.235. The van der Waals surface area contributed by atoms with E-state index < -0.39 is 35.6 Å². The van der Waals surface area contributed by atoms with Crippen molar-refractivity contribution in [1.29, 1.82) is 0 Å². The first-order chi connectivity index (χ1) is 11.6. The number of carbonyl (C=O) groups excluding carboxylic acids is 1. The van der Waals surface area contributed by atoms with Gasteiger partial charge in [-0.05, 0) is 42.8 Å². The summed E-state index contributed by atoms with van der Waals surface area (Å²) in [7, 11) is 0. The molecule has 0 radical (unpaired) electrons. The maximum absolute atomic E-state index is 13.9. The monoisotopic (exact) mass is 360 g/mol. The topological polar surface area (TPSA) is 46.5 Å². The quantitative estimate of drug-likeness (QED) is 0.629. The summed E-state index contributed by atoms with van der Waals surface area (Å²) < 4.78 is 70.8. The third kappa shape index (κ3) is 3.96. The van der Waals surface area contributed by atoms with Gasteiger partial charge < -0.3 is 9.84 Å². The van der Waals surface area contributed by atoms with Crippen molar-refractivity contribution < 1.29 is 36.6 Å². The molecule has 1 unspecified atom stereocenters. The van der Waals surface area contributed by atoms with Gasteiger partial charge in [0.1, 0.15) is 12.4 Å². The number of carbonyl (C=O) groups is 1. The lowest BCUT2D eigenvalue weighted by molar-refractivity contribution is -0.228. The van der Waals surface area contributed by atoms with Crippen LogP contribution >= 0.6 is 0 Å². The van der Waals surface area contributed by atoms with Crippen LogP contribution in [0.3, 0.4) is 0 Å². The fourth-order valence-corrected chi connectivity index (χ4v) is 1.97.